The number of carbonyl (C=O) groups is 1. The molecule has 0 saturated heterocycles. The Balaban J connectivity index is 2.24. The van der Waals surface area contributed by atoms with E-state index >= 15 is 0 Å². The molecule has 0 saturated carbocycles. The lowest BCUT2D eigenvalue weighted by atomic mass is 10.1. The number of hydrogen-bond donors (Lipinski definition) is 1. The van der Waals surface area contributed by atoms with Crippen LogP contribution in [0.2, 0.25) is 0 Å². The lowest BCUT2D eigenvalue weighted by Crippen LogP contribution is -2.25. The Bertz CT molecular complexity index is 730. The molecule has 0 aliphatic heterocycles. The van der Waals surface area contributed by atoms with Crippen LogP contribution in [-0.4, -0.2) is 23.1 Å². The maximum atomic E-state index is 12.1. The summed E-state index contributed by atoms with van der Waals surface area (Å²) >= 11 is 0. The number of aromatic nitrogens is 1. The van der Waals surface area contributed by atoms with E-state index in [9.17, 15) is 4.79 Å². The van der Waals surface area contributed by atoms with Gasteiger partial charge < -0.3 is 5.32 Å². The van der Waals surface area contributed by atoms with Gasteiger partial charge in [0, 0.05) is 6.54 Å². The van der Waals surface area contributed by atoms with Crippen molar-refractivity contribution in [1.29, 1.82) is 0 Å². The lowest BCUT2D eigenvalue weighted by molar-refractivity contribution is 0.0948. The van der Waals surface area contributed by atoms with Crippen molar-refractivity contribution in [2.45, 2.75) is 40.5 Å². The monoisotopic (exact) mass is 323 g/mol. The van der Waals surface area contributed by atoms with Gasteiger partial charge in [0.2, 0.25) is 0 Å². The van der Waals surface area contributed by atoms with Crippen molar-refractivity contribution in [3.8, 4) is 0 Å². The minimum atomic E-state index is -0.134. The van der Waals surface area contributed by atoms with Gasteiger partial charge in [0.25, 0.3) is 5.91 Å². The normalized spacial score (nSPS) is 11.4. The second-order valence-corrected chi connectivity index (χ2v) is 5.96. The number of nitrogens with zero attached hydrogens (tertiary/aromatic N) is 2. The van der Waals surface area contributed by atoms with Crippen molar-refractivity contribution in [1.82, 2.24) is 10.3 Å². The molecule has 4 heteroatoms. The topological polar surface area (TPSA) is 54.4 Å². The van der Waals surface area contributed by atoms with Crippen LogP contribution < -0.4 is 5.32 Å². The summed E-state index contributed by atoms with van der Waals surface area (Å²) in [5, 5.41) is 2.89. The van der Waals surface area contributed by atoms with Gasteiger partial charge in [0.05, 0.1) is 17.1 Å². The zero-order valence-corrected chi connectivity index (χ0v) is 14.9. The SMILES string of the molecule is CCCCNC(=O)c1cccc(C(C)=Nc2c(C)cccc2C)n1. The Morgan fingerprint density at radius 2 is 1.71 bits per heavy atom. The zero-order valence-electron chi connectivity index (χ0n) is 14.9. The van der Waals surface area contributed by atoms with Crippen molar-refractivity contribution in [3.63, 3.8) is 0 Å². The molecule has 1 aromatic carbocycles. The van der Waals surface area contributed by atoms with Crippen molar-refractivity contribution in [2.24, 2.45) is 4.99 Å². The van der Waals surface area contributed by atoms with E-state index in [1.54, 1.807) is 6.07 Å². The number of rotatable bonds is 6. The molecular weight excluding hydrogens is 298 g/mol. The minimum absolute atomic E-state index is 0.134. The first kappa shape index (κ1) is 17.9. The van der Waals surface area contributed by atoms with E-state index in [1.807, 2.05) is 51.1 Å². The van der Waals surface area contributed by atoms with Crippen LogP contribution in [-0.2, 0) is 0 Å². The third-order valence-corrected chi connectivity index (χ3v) is 3.89. The van der Waals surface area contributed by atoms with Crippen LogP contribution in [0.15, 0.2) is 41.4 Å². The minimum Gasteiger partial charge on any atom is -0.351 e. The summed E-state index contributed by atoms with van der Waals surface area (Å²) < 4.78 is 0. The first-order valence-corrected chi connectivity index (χ1v) is 8.40. The fourth-order valence-electron chi connectivity index (χ4n) is 2.44. The van der Waals surface area contributed by atoms with Crippen molar-refractivity contribution in [2.75, 3.05) is 6.54 Å². The molecule has 0 aliphatic rings. The maximum Gasteiger partial charge on any atom is 0.269 e. The number of benzene rings is 1. The lowest BCUT2D eigenvalue weighted by Gasteiger charge is -2.08. The molecule has 0 spiro atoms. The average molecular weight is 323 g/mol. The Labute approximate surface area is 144 Å². The average Bonchev–Trinajstić information content (AvgIpc) is 2.58. The molecule has 0 fully saturated rings. The van der Waals surface area contributed by atoms with Gasteiger partial charge in [0.1, 0.15) is 5.69 Å². The maximum absolute atomic E-state index is 12.1. The molecule has 0 bridgehead atoms. The number of nitrogens with one attached hydrogen (secondary N) is 1. The second-order valence-electron chi connectivity index (χ2n) is 5.96. The van der Waals surface area contributed by atoms with Crippen LogP contribution in [0, 0.1) is 13.8 Å². The van der Waals surface area contributed by atoms with E-state index in [0.717, 1.165) is 41.1 Å². The van der Waals surface area contributed by atoms with E-state index < -0.39 is 0 Å². The number of para-hydroxylation sites is 1. The van der Waals surface area contributed by atoms with Gasteiger partial charge in [0.15, 0.2) is 0 Å². The summed E-state index contributed by atoms with van der Waals surface area (Å²) in [6, 6.07) is 11.6. The highest BCUT2D eigenvalue weighted by Gasteiger charge is 2.09. The first-order valence-electron chi connectivity index (χ1n) is 8.40. The molecule has 1 N–H and O–H groups in total. The van der Waals surface area contributed by atoms with Gasteiger partial charge in [-0.1, -0.05) is 37.6 Å². The molecule has 24 heavy (non-hydrogen) atoms. The fraction of sp³-hybridized carbons (Fsp3) is 0.350. The van der Waals surface area contributed by atoms with Crippen LogP contribution in [0.3, 0.4) is 0 Å². The zero-order chi connectivity index (χ0) is 17.5. The van der Waals surface area contributed by atoms with E-state index in [-0.39, 0.29) is 5.91 Å². The summed E-state index contributed by atoms with van der Waals surface area (Å²) in [6.07, 6.45) is 2.02. The Hall–Kier alpha value is -2.49. The summed E-state index contributed by atoms with van der Waals surface area (Å²) in [4.78, 5) is 21.3. The van der Waals surface area contributed by atoms with E-state index in [4.69, 9.17) is 4.99 Å². The van der Waals surface area contributed by atoms with Gasteiger partial charge in [-0.15, -0.1) is 0 Å². The Morgan fingerprint density at radius 3 is 2.38 bits per heavy atom. The van der Waals surface area contributed by atoms with Gasteiger partial charge >= 0.3 is 0 Å². The molecule has 126 valence electrons. The van der Waals surface area contributed by atoms with Gasteiger partial charge in [-0.3, -0.25) is 9.79 Å². The molecule has 0 unspecified atom stereocenters. The number of aliphatic imine (C=N–C) groups is 1. The number of unbranched alkanes of at least 4 members (excludes halogenated alkanes) is 1. The third-order valence-electron chi connectivity index (χ3n) is 3.89. The number of aryl methyl sites for hydroxylation is 2. The predicted molar refractivity (Wildman–Crippen MR) is 99.3 cm³/mol. The highest BCUT2D eigenvalue weighted by molar-refractivity contribution is 6.00. The quantitative estimate of drug-likeness (QED) is 0.634. The standard InChI is InChI=1S/C20H25N3O/c1-5-6-13-21-20(24)18-12-8-11-17(23-18)16(4)22-19-14(2)9-7-10-15(19)3/h7-12H,5-6,13H2,1-4H3,(H,21,24). The van der Waals surface area contributed by atoms with Crippen molar-refractivity contribution >= 4 is 17.3 Å². The highest BCUT2D eigenvalue weighted by atomic mass is 16.1. The third kappa shape index (κ3) is 4.51. The molecule has 1 amide bonds. The van der Waals surface area contributed by atoms with Crippen molar-refractivity contribution in [3.05, 3.63) is 58.9 Å². The summed E-state index contributed by atoms with van der Waals surface area (Å²) in [7, 11) is 0. The van der Waals surface area contributed by atoms with Crippen LogP contribution in [0.5, 0.6) is 0 Å². The molecular formula is C20H25N3O. The number of carbonyl (C=O) groups excluding carboxylic acids is 1. The predicted octanol–water partition coefficient (Wildman–Crippen LogP) is 4.37. The van der Waals surface area contributed by atoms with Crippen LogP contribution in [0.1, 0.15) is 54.0 Å². The van der Waals surface area contributed by atoms with E-state index in [0.29, 0.717) is 12.2 Å². The summed E-state index contributed by atoms with van der Waals surface area (Å²) in [6.45, 7) is 8.79. The first-order chi connectivity index (χ1) is 11.5. The van der Waals surface area contributed by atoms with Crippen molar-refractivity contribution < 1.29 is 4.79 Å². The summed E-state index contributed by atoms with van der Waals surface area (Å²) in [5.41, 5.74) is 5.18. The van der Waals surface area contributed by atoms with Crippen LogP contribution in [0.25, 0.3) is 0 Å². The molecule has 0 aliphatic carbocycles. The number of amides is 1. The van der Waals surface area contributed by atoms with Crippen LogP contribution >= 0.6 is 0 Å². The molecule has 4 nitrogen and oxygen atoms in total. The van der Waals surface area contributed by atoms with E-state index in [1.165, 1.54) is 0 Å². The number of hydrogen-bond acceptors (Lipinski definition) is 3. The number of pyridine rings is 1. The summed E-state index contributed by atoms with van der Waals surface area (Å²) in [5.74, 6) is -0.134. The fourth-order valence-corrected chi connectivity index (χ4v) is 2.44. The molecule has 2 rings (SSSR count). The largest absolute Gasteiger partial charge is 0.351 e. The second kappa shape index (κ2) is 8.39. The molecule has 0 radical (unpaired) electrons. The van der Waals surface area contributed by atoms with Gasteiger partial charge in [-0.2, -0.15) is 0 Å². The van der Waals surface area contributed by atoms with Gasteiger partial charge in [-0.25, -0.2) is 4.98 Å². The van der Waals surface area contributed by atoms with E-state index in [2.05, 4.69) is 17.2 Å². The Kier molecular flexibility index (Phi) is 6.24. The molecule has 2 aromatic rings. The molecule has 1 aromatic heterocycles. The Morgan fingerprint density at radius 1 is 1.08 bits per heavy atom. The highest BCUT2D eigenvalue weighted by Crippen LogP contribution is 2.23. The molecule has 0 atom stereocenters. The molecule has 1 heterocycles. The smallest absolute Gasteiger partial charge is 0.269 e. The van der Waals surface area contributed by atoms with Gasteiger partial charge in [-0.05, 0) is 50.5 Å². The van der Waals surface area contributed by atoms with Crippen LogP contribution in [0.4, 0.5) is 5.69 Å².